The number of carbonyl (C=O) groups is 2. The molecule has 6 nitrogen and oxygen atoms in total. The Hall–Kier alpha value is -1.56. The van der Waals surface area contributed by atoms with E-state index in [2.05, 4.69) is 16.6 Å². The van der Waals surface area contributed by atoms with Crippen LogP contribution in [0.15, 0.2) is 12.7 Å². The number of esters is 1. The molecule has 1 N–H and O–H groups in total. The van der Waals surface area contributed by atoms with Gasteiger partial charge in [-0.1, -0.05) is 6.58 Å². The van der Waals surface area contributed by atoms with E-state index in [1.165, 1.54) is 0 Å². The van der Waals surface area contributed by atoms with Crippen LogP contribution in [0.3, 0.4) is 0 Å². The third-order valence-electron chi connectivity index (χ3n) is 1.55. The first kappa shape index (κ1) is 15.4. The van der Waals surface area contributed by atoms with E-state index < -0.39 is 12.1 Å². The van der Waals surface area contributed by atoms with Crippen molar-refractivity contribution in [1.29, 1.82) is 0 Å². The lowest BCUT2D eigenvalue weighted by atomic mass is 10.5. The summed E-state index contributed by atoms with van der Waals surface area (Å²) in [6.07, 6.45) is 0.605. The van der Waals surface area contributed by atoms with Crippen LogP contribution in [0.2, 0.25) is 0 Å². The average molecular weight is 245 g/mol. The van der Waals surface area contributed by atoms with E-state index in [0.29, 0.717) is 6.61 Å². The van der Waals surface area contributed by atoms with Gasteiger partial charge in [0.1, 0.15) is 13.2 Å². The van der Waals surface area contributed by atoms with Gasteiger partial charge in [0.05, 0.1) is 19.3 Å². The third-order valence-corrected chi connectivity index (χ3v) is 1.55. The van der Waals surface area contributed by atoms with E-state index in [0.717, 1.165) is 6.08 Å². The van der Waals surface area contributed by atoms with Crippen LogP contribution in [-0.2, 0) is 19.0 Å². The first-order valence-corrected chi connectivity index (χ1v) is 5.37. The Bertz CT molecular complexity index is 252. The molecule has 0 rings (SSSR count). The second-order valence-electron chi connectivity index (χ2n) is 3.35. The quantitative estimate of drug-likeness (QED) is 0.390. The first-order valence-electron chi connectivity index (χ1n) is 5.37. The van der Waals surface area contributed by atoms with Crippen LogP contribution < -0.4 is 5.32 Å². The number of nitrogens with one attached hydrogen (secondary N) is 1. The third kappa shape index (κ3) is 10.7. The SMILES string of the molecule is C=CC(=O)OCCNC(=O)OCCOC(C)C. The van der Waals surface area contributed by atoms with Gasteiger partial charge in [-0.15, -0.1) is 0 Å². The molecule has 0 saturated heterocycles. The topological polar surface area (TPSA) is 73.9 Å². The highest BCUT2D eigenvalue weighted by Crippen LogP contribution is 1.87. The molecule has 0 aliphatic rings. The molecule has 0 saturated carbocycles. The summed E-state index contributed by atoms with van der Waals surface area (Å²) in [7, 11) is 0. The predicted octanol–water partition coefficient (Wildman–Crippen LogP) is 0.867. The van der Waals surface area contributed by atoms with Crippen molar-refractivity contribution in [3.05, 3.63) is 12.7 Å². The summed E-state index contributed by atoms with van der Waals surface area (Å²) >= 11 is 0. The lowest BCUT2D eigenvalue weighted by molar-refractivity contribution is -0.137. The lowest BCUT2D eigenvalue weighted by Crippen LogP contribution is -2.29. The van der Waals surface area contributed by atoms with Gasteiger partial charge < -0.3 is 19.5 Å². The number of hydrogen-bond acceptors (Lipinski definition) is 5. The van der Waals surface area contributed by atoms with Gasteiger partial charge in [-0.05, 0) is 13.8 Å². The molecular formula is C11H19NO5. The Labute approximate surface area is 101 Å². The second kappa shape index (κ2) is 9.65. The molecule has 0 bridgehead atoms. The van der Waals surface area contributed by atoms with Gasteiger partial charge in [0.25, 0.3) is 0 Å². The highest BCUT2D eigenvalue weighted by Gasteiger charge is 2.02. The van der Waals surface area contributed by atoms with Gasteiger partial charge in [-0.2, -0.15) is 0 Å². The van der Waals surface area contributed by atoms with Crippen molar-refractivity contribution >= 4 is 12.1 Å². The van der Waals surface area contributed by atoms with Crippen molar-refractivity contribution in [2.75, 3.05) is 26.4 Å². The van der Waals surface area contributed by atoms with Crippen LogP contribution in [0, 0.1) is 0 Å². The Morgan fingerprint density at radius 3 is 2.53 bits per heavy atom. The van der Waals surface area contributed by atoms with Gasteiger partial charge in [-0.25, -0.2) is 9.59 Å². The molecule has 0 spiro atoms. The van der Waals surface area contributed by atoms with Crippen molar-refractivity contribution in [1.82, 2.24) is 5.32 Å². The molecule has 98 valence electrons. The van der Waals surface area contributed by atoms with Crippen molar-refractivity contribution in [3.63, 3.8) is 0 Å². The maximum Gasteiger partial charge on any atom is 0.407 e. The van der Waals surface area contributed by atoms with Crippen molar-refractivity contribution in [2.45, 2.75) is 20.0 Å². The fourth-order valence-corrected chi connectivity index (χ4v) is 0.833. The molecule has 0 aromatic heterocycles. The molecule has 1 amide bonds. The van der Waals surface area contributed by atoms with E-state index in [1.54, 1.807) is 0 Å². The summed E-state index contributed by atoms with van der Waals surface area (Å²) in [5, 5.41) is 2.42. The normalized spacial score (nSPS) is 9.82. The highest BCUT2D eigenvalue weighted by atomic mass is 16.6. The summed E-state index contributed by atoms with van der Waals surface area (Å²) in [5.41, 5.74) is 0. The zero-order valence-corrected chi connectivity index (χ0v) is 10.2. The van der Waals surface area contributed by atoms with Crippen LogP contribution in [-0.4, -0.2) is 44.5 Å². The van der Waals surface area contributed by atoms with Crippen LogP contribution in [0.5, 0.6) is 0 Å². The lowest BCUT2D eigenvalue weighted by Gasteiger charge is -2.09. The van der Waals surface area contributed by atoms with E-state index in [4.69, 9.17) is 9.47 Å². The summed E-state index contributed by atoms with van der Waals surface area (Å²) in [6, 6.07) is 0. The van der Waals surface area contributed by atoms with Gasteiger partial charge in [0.15, 0.2) is 0 Å². The molecular weight excluding hydrogens is 226 g/mol. The average Bonchev–Trinajstić information content (AvgIpc) is 2.29. The Morgan fingerprint density at radius 2 is 1.94 bits per heavy atom. The number of amides is 1. The van der Waals surface area contributed by atoms with E-state index in [1.807, 2.05) is 13.8 Å². The van der Waals surface area contributed by atoms with E-state index in [-0.39, 0.29) is 25.9 Å². The molecule has 6 heteroatoms. The van der Waals surface area contributed by atoms with Gasteiger partial charge >= 0.3 is 12.1 Å². The van der Waals surface area contributed by atoms with Gasteiger partial charge in [0, 0.05) is 6.08 Å². The fraction of sp³-hybridized carbons (Fsp3) is 0.636. The number of hydrogen-bond donors (Lipinski definition) is 1. The molecule has 0 heterocycles. The largest absolute Gasteiger partial charge is 0.461 e. The highest BCUT2D eigenvalue weighted by molar-refractivity contribution is 5.81. The molecule has 0 radical (unpaired) electrons. The first-order chi connectivity index (χ1) is 8.06. The predicted molar refractivity (Wildman–Crippen MR) is 61.6 cm³/mol. The van der Waals surface area contributed by atoms with Crippen LogP contribution in [0.1, 0.15) is 13.8 Å². The zero-order chi connectivity index (χ0) is 13.1. The van der Waals surface area contributed by atoms with Gasteiger partial charge in [0.2, 0.25) is 0 Å². The second-order valence-corrected chi connectivity index (χ2v) is 3.35. The van der Waals surface area contributed by atoms with Gasteiger partial charge in [-0.3, -0.25) is 0 Å². The van der Waals surface area contributed by atoms with Crippen LogP contribution >= 0.6 is 0 Å². The number of rotatable bonds is 8. The Kier molecular flexibility index (Phi) is 8.77. The minimum absolute atomic E-state index is 0.0858. The Morgan fingerprint density at radius 1 is 1.24 bits per heavy atom. The van der Waals surface area contributed by atoms with Crippen molar-refractivity contribution in [3.8, 4) is 0 Å². The summed E-state index contributed by atoms with van der Waals surface area (Å²) in [4.78, 5) is 21.7. The molecule has 0 aliphatic carbocycles. The minimum Gasteiger partial charge on any atom is -0.461 e. The monoisotopic (exact) mass is 245 g/mol. The van der Waals surface area contributed by atoms with Crippen LogP contribution in [0.25, 0.3) is 0 Å². The maximum atomic E-state index is 11.1. The summed E-state index contributed by atoms with van der Waals surface area (Å²) in [5.74, 6) is -0.523. The number of ether oxygens (including phenoxy) is 3. The fourth-order valence-electron chi connectivity index (χ4n) is 0.833. The molecule has 0 aromatic rings. The summed E-state index contributed by atoms with van der Waals surface area (Å²) in [6.45, 7) is 7.86. The maximum absolute atomic E-state index is 11.1. The molecule has 17 heavy (non-hydrogen) atoms. The molecule has 0 unspecified atom stereocenters. The molecule has 0 fully saturated rings. The molecule has 0 aliphatic heterocycles. The standard InChI is InChI=1S/C11H19NO5/c1-4-10(13)16-6-5-12-11(14)17-8-7-15-9(2)3/h4,9H,1,5-8H2,2-3H3,(H,12,14). The zero-order valence-electron chi connectivity index (χ0n) is 10.2. The molecule has 0 atom stereocenters. The van der Waals surface area contributed by atoms with E-state index >= 15 is 0 Å². The van der Waals surface area contributed by atoms with Crippen molar-refractivity contribution < 1.29 is 23.8 Å². The minimum atomic E-state index is -0.563. The molecule has 0 aromatic carbocycles. The summed E-state index contributed by atoms with van der Waals surface area (Å²) < 4.78 is 14.6. The van der Waals surface area contributed by atoms with Crippen LogP contribution in [0.4, 0.5) is 4.79 Å². The van der Waals surface area contributed by atoms with E-state index in [9.17, 15) is 9.59 Å². The smallest absolute Gasteiger partial charge is 0.407 e. The van der Waals surface area contributed by atoms with Crippen molar-refractivity contribution in [2.24, 2.45) is 0 Å². The number of alkyl carbamates (subject to hydrolysis) is 1. The Balaban J connectivity index is 3.35. The number of carbonyl (C=O) groups excluding carboxylic acids is 2.